The Balaban J connectivity index is 1.24. The van der Waals surface area contributed by atoms with E-state index in [1.165, 1.54) is 100.0 Å². The van der Waals surface area contributed by atoms with Gasteiger partial charge in [-0.1, -0.05) is 136 Å². The highest BCUT2D eigenvalue weighted by molar-refractivity contribution is 6.09. The van der Waals surface area contributed by atoms with Gasteiger partial charge in [0.2, 0.25) is 0 Å². The predicted molar refractivity (Wildman–Crippen MR) is 233 cm³/mol. The van der Waals surface area contributed by atoms with Crippen molar-refractivity contribution in [2.75, 3.05) is 0 Å². The maximum absolute atomic E-state index is 2.67. The summed E-state index contributed by atoms with van der Waals surface area (Å²) in [6.45, 7) is 29.0. The summed E-state index contributed by atoms with van der Waals surface area (Å²) in [5.41, 5.74) is 21.4. The Bertz CT molecular complexity index is 2720. The van der Waals surface area contributed by atoms with Crippen LogP contribution in [0.25, 0.3) is 44.2 Å². The molecule has 5 aromatic carbocycles. The summed E-state index contributed by atoms with van der Waals surface area (Å²) in [4.78, 5) is 2.67. The van der Waals surface area contributed by atoms with E-state index in [1.807, 2.05) is 0 Å². The van der Waals surface area contributed by atoms with E-state index in [-0.39, 0.29) is 27.2 Å². The molecule has 0 N–H and O–H groups in total. The van der Waals surface area contributed by atoms with Gasteiger partial charge in [-0.05, 0) is 122 Å². The van der Waals surface area contributed by atoms with Gasteiger partial charge in [-0.3, -0.25) is 0 Å². The van der Waals surface area contributed by atoms with Gasteiger partial charge >= 0.3 is 0 Å². The van der Waals surface area contributed by atoms with E-state index < -0.39 is 0 Å². The van der Waals surface area contributed by atoms with Crippen molar-refractivity contribution in [1.82, 2.24) is 9.47 Å². The minimum absolute atomic E-state index is 0.00795. The van der Waals surface area contributed by atoms with Crippen molar-refractivity contribution in [2.24, 2.45) is 5.41 Å². The molecule has 4 aliphatic rings. The van der Waals surface area contributed by atoms with Crippen LogP contribution in [0.3, 0.4) is 0 Å². The van der Waals surface area contributed by atoms with Crippen LogP contribution in [-0.2, 0) is 21.8 Å². The lowest BCUT2D eigenvalue weighted by Gasteiger charge is -2.57. The molecule has 3 heterocycles. The van der Waals surface area contributed by atoms with Gasteiger partial charge < -0.3 is 9.47 Å². The van der Waals surface area contributed by atoms with E-state index in [9.17, 15) is 0 Å². The second-order valence-electron chi connectivity index (χ2n) is 20.4. The fraction of sp³-hybridized carbons (Fsp3) is 0.321. The topological polar surface area (TPSA) is 8.17 Å². The molecule has 0 unspecified atom stereocenters. The molecule has 6 aromatic rings. The largest absolute Gasteiger partial charge is 0.337 e. The third-order valence-corrected chi connectivity index (χ3v) is 13.8. The minimum Gasteiger partial charge on any atom is -0.337 e. The number of benzene rings is 5. The molecule has 2 aliphatic heterocycles. The van der Waals surface area contributed by atoms with Gasteiger partial charge in [0.1, 0.15) is 0 Å². The molecule has 0 atom stereocenters. The van der Waals surface area contributed by atoms with Gasteiger partial charge in [-0.15, -0.1) is 0 Å². The second-order valence-corrected chi connectivity index (χ2v) is 20.4. The lowest BCUT2D eigenvalue weighted by atomic mass is 9.54. The molecule has 0 amide bonds. The van der Waals surface area contributed by atoms with Crippen molar-refractivity contribution in [3.05, 3.63) is 165 Å². The van der Waals surface area contributed by atoms with E-state index in [4.69, 9.17) is 0 Å². The lowest BCUT2D eigenvalue weighted by molar-refractivity contribution is 0.221. The highest BCUT2D eigenvalue weighted by Gasteiger charge is 2.53. The van der Waals surface area contributed by atoms with E-state index in [1.54, 1.807) is 0 Å². The van der Waals surface area contributed by atoms with Gasteiger partial charge in [0.05, 0.1) is 22.3 Å². The molecule has 2 aliphatic carbocycles. The third-order valence-electron chi connectivity index (χ3n) is 13.8. The van der Waals surface area contributed by atoms with Gasteiger partial charge in [-0.2, -0.15) is 0 Å². The van der Waals surface area contributed by atoms with Gasteiger partial charge in [0.15, 0.2) is 0 Å². The average Bonchev–Trinajstić information content (AvgIpc) is 3.47. The summed E-state index contributed by atoms with van der Waals surface area (Å²) >= 11 is 0. The smallest absolute Gasteiger partial charge is 0.0647 e. The Labute approximate surface area is 327 Å². The first-order valence-corrected chi connectivity index (χ1v) is 20.3. The SMILES string of the molecule is CC(C)(C)C1=CN2C3=C4c5c(cc(C(C)(C)C)cc5C([12CH3])([12CH3])c5cc(-c6ccc(-n7c8ccccc8c8ccccc87)cc6)cc(c54)C2([12CH3])[12CH3])C([12CH3])([12CH3])C3=C1. The highest BCUT2D eigenvalue weighted by atomic mass is 15.2. The van der Waals surface area contributed by atoms with Crippen LogP contribution in [0.5, 0.6) is 0 Å². The van der Waals surface area contributed by atoms with Crippen LogP contribution in [0.15, 0.2) is 126 Å². The zero-order chi connectivity index (χ0) is 38.8. The maximum atomic E-state index is 2.67. The van der Waals surface area contributed by atoms with Crippen molar-refractivity contribution in [1.29, 1.82) is 0 Å². The van der Waals surface area contributed by atoms with E-state index in [2.05, 4.69) is 202 Å². The molecule has 1 aromatic heterocycles. The molecular formula is C53H54N2. The van der Waals surface area contributed by atoms with Crippen molar-refractivity contribution in [2.45, 2.75) is 105 Å². The number of para-hydroxylation sites is 2. The zero-order valence-electron chi connectivity index (χ0n) is 34.8. The monoisotopic (exact) mass is 718 g/mol. The van der Waals surface area contributed by atoms with Crippen LogP contribution >= 0.6 is 0 Å². The van der Waals surface area contributed by atoms with E-state index in [0.717, 1.165) is 0 Å². The molecule has 2 heteroatoms. The van der Waals surface area contributed by atoms with E-state index >= 15 is 0 Å². The van der Waals surface area contributed by atoms with Crippen molar-refractivity contribution >= 4 is 27.4 Å². The van der Waals surface area contributed by atoms with Crippen LogP contribution in [0.2, 0.25) is 0 Å². The Morgan fingerprint density at radius 3 is 1.64 bits per heavy atom. The first-order valence-electron chi connectivity index (χ1n) is 20.3. The highest BCUT2D eigenvalue weighted by Crippen LogP contribution is 2.64. The number of nitrogens with zero attached hydrogens (tertiary/aromatic N) is 2. The molecule has 0 spiro atoms. The van der Waals surface area contributed by atoms with Gasteiger partial charge in [-0.25, -0.2) is 0 Å². The number of allylic oxidation sites excluding steroid dienone is 3. The third kappa shape index (κ3) is 4.49. The van der Waals surface area contributed by atoms with E-state index in [0.29, 0.717) is 0 Å². The lowest BCUT2D eigenvalue weighted by Crippen LogP contribution is -2.49. The van der Waals surface area contributed by atoms with Gasteiger partial charge in [0, 0.05) is 39.1 Å². The molecule has 2 nitrogen and oxygen atoms in total. The van der Waals surface area contributed by atoms with Crippen LogP contribution in [0, 0.1) is 5.41 Å². The molecule has 0 saturated carbocycles. The Hall–Kier alpha value is -5.08. The normalized spacial score (nSPS) is 18.7. The summed E-state index contributed by atoms with van der Waals surface area (Å²) in [7, 11) is 0. The fourth-order valence-electron chi connectivity index (χ4n) is 10.3. The van der Waals surface area contributed by atoms with Crippen molar-refractivity contribution < 1.29 is 0 Å². The molecule has 276 valence electrons. The summed E-state index contributed by atoms with van der Waals surface area (Å²) in [5.74, 6) is 0. The summed E-state index contributed by atoms with van der Waals surface area (Å²) in [6.07, 6.45) is 5.05. The second kappa shape index (κ2) is 10.6. The molecule has 0 saturated heterocycles. The Morgan fingerprint density at radius 1 is 0.527 bits per heavy atom. The quantitative estimate of drug-likeness (QED) is 0.173. The molecule has 0 bridgehead atoms. The minimum atomic E-state index is -0.273. The first-order chi connectivity index (χ1) is 25.8. The molecule has 0 fully saturated rings. The number of hydrogen-bond donors (Lipinski definition) is 0. The van der Waals surface area contributed by atoms with Crippen LogP contribution in [0.1, 0.15) is 122 Å². The Kier molecular flexibility index (Phi) is 6.64. The number of aromatic nitrogens is 1. The van der Waals surface area contributed by atoms with Crippen LogP contribution in [-0.4, -0.2) is 9.47 Å². The summed E-state index contributed by atoms with van der Waals surface area (Å²) in [6, 6.07) is 37.1. The molecular weight excluding hydrogens is 665 g/mol. The molecule has 10 rings (SSSR count). The van der Waals surface area contributed by atoms with Crippen molar-refractivity contribution in [3.8, 4) is 16.8 Å². The summed E-state index contributed by atoms with van der Waals surface area (Å²) < 4.78 is 2.41. The maximum Gasteiger partial charge on any atom is 0.0647 e. The molecule has 0 radical (unpaired) electrons. The van der Waals surface area contributed by atoms with Gasteiger partial charge in [0.25, 0.3) is 0 Å². The zero-order valence-corrected chi connectivity index (χ0v) is 34.8. The first kappa shape index (κ1) is 34.4. The van der Waals surface area contributed by atoms with Crippen molar-refractivity contribution in [3.63, 3.8) is 0 Å². The fourth-order valence-corrected chi connectivity index (χ4v) is 10.3. The van der Waals surface area contributed by atoms with Crippen LogP contribution < -0.4 is 0 Å². The standard InChI is InChI=1S/C53H54N2/c1-49(2,3)33-27-39-45-40(28-33)52(9,10)42-29-34(50(4,5)6)30-54-48(42)47(45)46-38(51(39,7)8)25-32(26-41(46)53(54,11)12)31-21-23-35(24-22-31)55-43-19-15-13-17-36(43)37-18-14-16-20-44(37)55/h13-30H,1-12H3/i7+0,8+0,9+0,10+0,11+0,12+0. The number of hydrogen-bond acceptors (Lipinski definition) is 1. The summed E-state index contributed by atoms with van der Waals surface area (Å²) in [5, 5.41) is 2.58. The predicted octanol–water partition coefficient (Wildman–Crippen LogP) is 13.9. The Morgan fingerprint density at radius 2 is 1.05 bits per heavy atom. The molecule has 55 heavy (non-hydrogen) atoms. The number of fused-ring (bicyclic) bond motifs is 3. The van der Waals surface area contributed by atoms with Crippen LogP contribution in [0.4, 0.5) is 0 Å². The number of rotatable bonds is 2. The average molecular weight is 719 g/mol.